The van der Waals surface area contributed by atoms with E-state index in [0.717, 1.165) is 10.7 Å². The molecule has 5 nitrogen and oxygen atoms in total. The zero-order valence-corrected chi connectivity index (χ0v) is 9.38. The molecule has 15 heavy (non-hydrogen) atoms. The summed E-state index contributed by atoms with van der Waals surface area (Å²) in [7, 11) is 0. The summed E-state index contributed by atoms with van der Waals surface area (Å²) >= 11 is 1.46. The number of amides is 1. The van der Waals surface area contributed by atoms with Crippen LogP contribution in [0.25, 0.3) is 0 Å². The molecule has 1 amide bonds. The van der Waals surface area contributed by atoms with Crippen molar-refractivity contribution in [3.63, 3.8) is 0 Å². The van der Waals surface area contributed by atoms with E-state index in [-0.39, 0.29) is 31.5 Å². The summed E-state index contributed by atoms with van der Waals surface area (Å²) in [4.78, 5) is 15.5. The maximum atomic E-state index is 11.3. The van der Waals surface area contributed by atoms with Gasteiger partial charge in [0.2, 0.25) is 5.91 Å². The van der Waals surface area contributed by atoms with Crippen LogP contribution in [0.2, 0.25) is 0 Å². The minimum absolute atomic E-state index is 0.0477. The molecular weight excluding hydrogens is 214 g/mol. The number of carbonyl (C=O) groups is 1. The number of nitrogens with zero attached hydrogens (tertiary/aromatic N) is 1. The normalized spacial score (nSPS) is 12.5. The minimum atomic E-state index is -0.134. The monoisotopic (exact) mass is 229 g/mol. The van der Waals surface area contributed by atoms with Crippen molar-refractivity contribution in [1.82, 2.24) is 10.3 Å². The fourth-order valence-corrected chi connectivity index (χ4v) is 1.81. The first-order chi connectivity index (χ1) is 7.13. The first-order valence-electron chi connectivity index (χ1n) is 4.71. The van der Waals surface area contributed by atoms with Gasteiger partial charge in [0, 0.05) is 11.9 Å². The third kappa shape index (κ3) is 3.94. The Kier molecular flexibility index (Phi) is 4.67. The van der Waals surface area contributed by atoms with Gasteiger partial charge in [-0.2, -0.15) is 0 Å². The fourth-order valence-electron chi connectivity index (χ4n) is 1.04. The first-order valence-corrected chi connectivity index (χ1v) is 5.59. The van der Waals surface area contributed by atoms with Crippen molar-refractivity contribution < 1.29 is 9.90 Å². The number of thiazole rings is 1. The van der Waals surface area contributed by atoms with Gasteiger partial charge in [0.15, 0.2) is 0 Å². The second kappa shape index (κ2) is 5.79. The highest BCUT2D eigenvalue weighted by Crippen LogP contribution is 2.15. The molecule has 0 saturated carbocycles. The number of hydrogen-bond donors (Lipinski definition) is 3. The molecule has 0 bridgehead atoms. The van der Waals surface area contributed by atoms with Gasteiger partial charge in [-0.3, -0.25) is 4.79 Å². The molecule has 0 aliphatic rings. The number of rotatable bonds is 5. The van der Waals surface area contributed by atoms with E-state index in [2.05, 4.69) is 10.3 Å². The molecule has 0 spiro atoms. The zero-order chi connectivity index (χ0) is 11.3. The molecule has 84 valence electrons. The van der Waals surface area contributed by atoms with E-state index in [1.54, 1.807) is 0 Å². The molecule has 1 rings (SSSR count). The van der Waals surface area contributed by atoms with Crippen LogP contribution < -0.4 is 11.1 Å². The minimum Gasteiger partial charge on any atom is -0.395 e. The van der Waals surface area contributed by atoms with Crippen LogP contribution in [-0.4, -0.2) is 29.1 Å². The van der Waals surface area contributed by atoms with Gasteiger partial charge >= 0.3 is 0 Å². The summed E-state index contributed by atoms with van der Waals surface area (Å²) in [6.07, 6.45) is 0.239. The standard InChI is InChI=1S/C9H15N3O2S/c1-6(10)9-12-7(5-15-9)4-8(14)11-2-3-13/h5-6,13H,2-4,10H2,1H3,(H,11,14). The predicted molar refractivity (Wildman–Crippen MR) is 58.5 cm³/mol. The summed E-state index contributed by atoms with van der Waals surface area (Å²) in [5.74, 6) is -0.134. The Balaban J connectivity index is 2.46. The number of nitrogens with two attached hydrogens (primary N) is 1. The Morgan fingerprint density at radius 3 is 3.07 bits per heavy atom. The van der Waals surface area contributed by atoms with E-state index in [9.17, 15) is 4.79 Å². The van der Waals surface area contributed by atoms with Gasteiger partial charge in [-0.1, -0.05) is 0 Å². The second-order valence-corrected chi connectivity index (χ2v) is 4.11. The summed E-state index contributed by atoms with van der Waals surface area (Å²) in [6, 6.07) is -0.0933. The fraction of sp³-hybridized carbons (Fsp3) is 0.556. The van der Waals surface area contributed by atoms with Crippen LogP contribution in [0, 0.1) is 0 Å². The van der Waals surface area contributed by atoms with E-state index in [1.807, 2.05) is 12.3 Å². The summed E-state index contributed by atoms with van der Waals surface area (Å²) < 4.78 is 0. The lowest BCUT2D eigenvalue weighted by atomic mass is 10.3. The van der Waals surface area contributed by atoms with E-state index in [4.69, 9.17) is 10.8 Å². The maximum Gasteiger partial charge on any atom is 0.226 e. The Bertz CT molecular complexity index is 325. The second-order valence-electron chi connectivity index (χ2n) is 3.22. The van der Waals surface area contributed by atoms with Crippen molar-refractivity contribution in [2.75, 3.05) is 13.2 Å². The van der Waals surface area contributed by atoms with Crippen molar-refractivity contribution in [1.29, 1.82) is 0 Å². The predicted octanol–water partition coefficient (Wildman–Crippen LogP) is -0.186. The lowest BCUT2D eigenvalue weighted by molar-refractivity contribution is -0.120. The summed E-state index contributed by atoms with van der Waals surface area (Å²) in [6.45, 7) is 2.09. The molecule has 4 N–H and O–H groups in total. The molecule has 1 aromatic rings. The topological polar surface area (TPSA) is 88.2 Å². The first kappa shape index (κ1) is 12.1. The van der Waals surface area contributed by atoms with Gasteiger partial charge in [0.25, 0.3) is 0 Å². The Hall–Kier alpha value is -0.980. The van der Waals surface area contributed by atoms with E-state index >= 15 is 0 Å². The molecule has 1 heterocycles. The third-order valence-corrected chi connectivity index (χ3v) is 2.83. The van der Waals surface area contributed by atoms with Crippen LogP contribution in [0.5, 0.6) is 0 Å². The molecule has 1 aromatic heterocycles. The highest BCUT2D eigenvalue weighted by molar-refractivity contribution is 7.09. The molecule has 1 atom stereocenters. The van der Waals surface area contributed by atoms with Crippen molar-refractivity contribution >= 4 is 17.2 Å². The lowest BCUT2D eigenvalue weighted by Crippen LogP contribution is -2.27. The Morgan fingerprint density at radius 2 is 2.53 bits per heavy atom. The quantitative estimate of drug-likeness (QED) is 0.653. The van der Waals surface area contributed by atoms with Gasteiger partial charge in [0.1, 0.15) is 5.01 Å². The highest BCUT2D eigenvalue weighted by Gasteiger charge is 2.09. The van der Waals surface area contributed by atoms with Gasteiger partial charge in [-0.25, -0.2) is 4.98 Å². The zero-order valence-electron chi connectivity index (χ0n) is 8.56. The van der Waals surface area contributed by atoms with Crippen LogP contribution in [0.3, 0.4) is 0 Å². The third-order valence-electron chi connectivity index (χ3n) is 1.73. The molecule has 0 aliphatic heterocycles. The molecule has 1 unspecified atom stereocenters. The van der Waals surface area contributed by atoms with Crippen LogP contribution in [0.4, 0.5) is 0 Å². The molecule has 0 radical (unpaired) electrons. The highest BCUT2D eigenvalue weighted by atomic mass is 32.1. The average Bonchev–Trinajstić information content (AvgIpc) is 2.63. The van der Waals surface area contributed by atoms with Crippen LogP contribution in [0.1, 0.15) is 23.7 Å². The Labute approximate surface area is 92.3 Å². The SMILES string of the molecule is CC(N)c1nc(CC(=O)NCCO)cs1. The van der Waals surface area contributed by atoms with E-state index in [1.165, 1.54) is 11.3 Å². The van der Waals surface area contributed by atoms with Crippen LogP contribution in [0.15, 0.2) is 5.38 Å². The number of hydrogen-bond acceptors (Lipinski definition) is 5. The largest absolute Gasteiger partial charge is 0.395 e. The van der Waals surface area contributed by atoms with Gasteiger partial charge < -0.3 is 16.2 Å². The van der Waals surface area contributed by atoms with Gasteiger partial charge in [0.05, 0.1) is 24.8 Å². The van der Waals surface area contributed by atoms with Crippen molar-refractivity contribution in [2.45, 2.75) is 19.4 Å². The number of aliphatic hydroxyl groups excluding tert-OH is 1. The summed E-state index contributed by atoms with van der Waals surface area (Å²) in [5, 5.41) is 13.7. The van der Waals surface area contributed by atoms with Crippen LogP contribution in [-0.2, 0) is 11.2 Å². The molecule has 6 heteroatoms. The van der Waals surface area contributed by atoms with Crippen molar-refractivity contribution in [3.05, 3.63) is 16.1 Å². The van der Waals surface area contributed by atoms with Gasteiger partial charge in [-0.05, 0) is 6.92 Å². The van der Waals surface area contributed by atoms with E-state index in [0.29, 0.717) is 0 Å². The molecule has 0 fully saturated rings. The smallest absolute Gasteiger partial charge is 0.226 e. The van der Waals surface area contributed by atoms with E-state index < -0.39 is 0 Å². The number of aliphatic hydroxyl groups is 1. The number of nitrogens with one attached hydrogen (secondary N) is 1. The van der Waals surface area contributed by atoms with Gasteiger partial charge in [-0.15, -0.1) is 11.3 Å². The molecule has 0 aromatic carbocycles. The number of carbonyl (C=O) groups excluding carboxylic acids is 1. The van der Waals surface area contributed by atoms with Crippen molar-refractivity contribution in [2.24, 2.45) is 5.73 Å². The molecule has 0 saturated heterocycles. The Morgan fingerprint density at radius 1 is 1.80 bits per heavy atom. The lowest BCUT2D eigenvalue weighted by Gasteiger charge is -2.00. The maximum absolute atomic E-state index is 11.3. The molecule has 0 aliphatic carbocycles. The number of aromatic nitrogens is 1. The average molecular weight is 229 g/mol. The summed E-state index contributed by atoms with van der Waals surface area (Å²) in [5.41, 5.74) is 6.38. The van der Waals surface area contributed by atoms with Crippen LogP contribution >= 0.6 is 11.3 Å². The molecular formula is C9H15N3O2S. The van der Waals surface area contributed by atoms with Crippen molar-refractivity contribution in [3.8, 4) is 0 Å².